The Kier molecular flexibility index (Phi) is 2.91. The van der Waals surface area contributed by atoms with Crippen molar-refractivity contribution in [1.29, 1.82) is 0 Å². The zero-order chi connectivity index (χ0) is 11.5. The van der Waals surface area contributed by atoms with Crippen LogP contribution in [0.15, 0.2) is 17.8 Å². The summed E-state index contributed by atoms with van der Waals surface area (Å²) in [6, 6.07) is 0. The standard InChI is InChI=1S/C10H10N4OS/c1-6-5-16-8(14-6)4-7-9(10(11)15)13-3-2-12-7/h2-3,5H,4H2,1H3,(H2,11,15). The van der Waals surface area contributed by atoms with Crippen molar-refractivity contribution < 1.29 is 4.79 Å². The Labute approximate surface area is 96.4 Å². The Balaban J connectivity index is 2.31. The SMILES string of the molecule is Cc1csc(Cc2nccnc2C(N)=O)n1. The van der Waals surface area contributed by atoms with Crippen LogP contribution in [-0.4, -0.2) is 20.9 Å². The lowest BCUT2D eigenvalue weighted by atomic mass is 10.2. The fourth-order valence-electron chi connectivity index (χ4n) is 1.33. The number of carbonyl (C=O) groups excluding carboxylic acids is 1. The summed E-state index contributed by atoms with van der Waals surface area (Å²) in [5.74, 6) is -0.559. The maximum Gasteiger partial charge on any atom is 0.269 e. The molecule has 16 heavy (non-hydrogen) atoms. The van der Waals surface area contributed by atoms with Gasteiger partial charge in [-0.3, -0.25) is 9.78 Å². The molecule has 0 saturated heterocycles. The topological polar surface area (TPSA) is 81.8 Å². The Morgan fingerprint density at radius 1 is 1.44 bits per heavy atom. The maximum absolute atomic E-state index is 11.1. The molecule has 1 amide bonds. The van der Waals surface area contributed by atoms with E-state index in [2.05, 4.69) is 15.0 Å². The van der Waals surface area contributed by atoms with Gasteiger partial charge in [-0.1, -0.05) is 0 Å². The number of hydrogen-bond donors (Lipinski definition) is 1. The minimum Gasteiger partial charge on any atom is -0.364 e. The number of primary amides is 1. The number of rotatable bonds is 3. The van der Waals surface area contributed by atoms with Crippen molar-refractivity contribution in [2.24, 2.45) is 5.73 Å². The number of thiazole rings is 1. The average Bonchev–Trinajstić information content (AvgIpc) is 2.64. The van der Waals surface area contributed by atoms with Gasteiger partial charge in [0.25, 0.3) is 5.91 Å². The number of aryl methyl sites for hydroxylation is 1. The molecule has 0 atom stereocenters. The molecule has 0 bridgehead atoms. The molecule has 0 fully saturated rings. The molecule has 5 nitrogen and oxygen atoms in total. The molecule has 0 spiro atoms. The highest BCUT2D eigenvalue weighted by Gasteiger charge is 2.12. The summed E-state index contributed by atoms with van der Waals surface area (Å²) in [4.78, 5) is 23.5. The first kappa shape index (κ1) is 10.7. The highest BCUT2D eigenvalue weighted by Crippen LogP contribution is 2.14. The minimum absolute atomic E-state index is 0.218. The normalized spacial score (nSPS) is 10.3. The zero-order valence-electron chi connectivity index (χ0n) is 8.67. The first-order valence-electron chi connectivity index (χ1n) is 4.67. The summed E-state index contributed by atoms with van der Waals surface area (Å²) in [6.07, 6.45) is 3.49. The maximum atomic E-state index is 11.1. The van der Waals surface area contributed by atoms with Gasteiger partial charge in [0.1, 0.15) is 5.69 Å². The first-order chi connectivity index (χ1) is 7.66. The van der Waals surface area contributed by atoms with Crippen LogP contribution in [0.25, 0.3) is 0 Å². The zero-order valence-corrected chi connectivity index (χ0v) is 9.49. The molecule has 0 unspecified atom stereocenters. The van der Waals surface area contributed by atoms with Crippen LogP contribution in [-0.2, 0) is 6.42 Å². The summed E-state index contributed by atoms with van der Waals surface area (Å²) >= 11 is 1.53. The van der Waals surface area contributed by atoms with Crippen LogP contribution in [0.4, 0.5) is 0 Å². The van der Waals surface area contributed by atoms with Gasteiger partial charge >= 0.3 is 0 Å². The van der Waals surface area contributed by atoms with Gasteiger partial charge in [-0.25, -0.2) is 9.97 Å². The second-order valence-electron chi connectivity index (χ2n) is 3.28. The van der Waals surface area contributed by atoms with Gasteiger partial charge in [0.15, 0.2) is 0 Å². The third-order valence-electron chi connectivity index (χ3n) is 1.99. The van der Waals surface area contributed by atoms with Crippen molar-refractivity contribution in [3.8, 4) is 0 Å². The quantitative estimate of drug-likeness (QED) is 0.856. The van der Waals surface area contributed by atoms with E-state index in [0.29, 0.717) is 12.1 Å². The van der Waals surface area contributed by atoms with Crippen molar-refractivity contribution in [2.75, 3.05) is 0 Å². The van der Waals surface area contributed by atoms with Crippen molar-refractivity contribution in [3.63, 3.8) is 0 Å². The Bertz CT molecular complexity index is 523. The first-order valence-corrected chi connectivity index (χ1v) is 5.55. The number of aromatic nitrogens is 3. The van der Waals surface area contributed by atoms with Crippen LogP contribution in [0.1, 0.15) is 26.9 Å². The van der Waals surface area contributed by atoms with E-state index in [4.69, 9.17) is 5.73 Å². The highest BCUT2D eigenvalue weighted by molar-refractivity contribution is 7.09. The number of nitrogens with two attached hydrogens (primary N) is 1. The van der Waals surface area contributed by atoms with E-state index >= 15 is 0 Å². The minimum atomic E-state index is -0.559. The third-order valence-corrected chi connectivity index (χ3v) is 2.96. The van der Waals surface area contributed by atoms with Crippen molar-refractivity contribution >= 4 is 17.2 Å². The predicted octanol–water partition coefficient (Wildman–Crippen LogP) is 0.931. The number of amides is 1. The van der Waals surface area contributed by atoms with Gasteiger partial charge in [-0.2, -0.15) is 0 Å². The number of carbonyl (C=O) groups is 1. The van der Waals surface area contributed by atoms with Gasteiger partial charge in [-0.05, 0) is 6.92 Å². The second kappa shape index (κ2) is 4.36. The van der Waals surface area contributed by atoms with E-state index < -0.39 is 5.91 Å². The molecule has 0 saturated carbocycles. The van der Waals surface area contributed by atoms with Gasteiger partial charge in [0, 0.05) is 29.9 Å². The fraction of sp³-hybridized carbons (Fsp3) is 0.200. The Hall–Kier alpha value is -1.82. The van der Waals surface area contributed by atoms with E-state index in [1.54, 1.807) is 6.20 Å². The number of hydrogen-bond acceptors (Lipinski definition) is 5. The molecular formula is C10H10N4OS. The molecule has 0 radical (unpaired) electrons. The predicted molar refractivity (Wildman–Crippen MR) is 60.2 cm³/mol. The Morgan fingerprint density at radius 2 is 2.19 bits per heavy atom. The second-order valence-corrected chi connectivity index (χ2v) is 4.22. The molecule has 0 aliphatic carbocycles. The van der Waals surface area contributed by atoms with Crippen LogP contribution >= 0.6 is 11.3 Å². The summed E-state index contributed by atoms with van der Waals surface area (Å²) in [7, 11) is 0. The average molecular weight is 234 g/mol. The van der Waals surface area contributed by atoms with Crippen LogP contribution in [0.2, 0.25) is 0 Å². The molecule has 0 aliphatic rings. The van der Waals surface area contributed by atoms with E-state index in [1.165, 1.54) is 17.5 Å². The number of nitrogens with zero attached hydrogens (tertiary/aromatic N) is 3. The molecule has 2 aromatic rings. The van der Waals surface area contributed by atoms with E-state index in [9.17, 15) is 4.79 Å². The summed E-state index contributed by atoms with van der Waals surface area (Å²) in [5, 5.41) is 2.86. The summed E-state index contributed by atoms with van der Waals surface area (Å²) in [6.45, 7) is 1.92. The molecule has 6 heteroatoms. The highest BCUT2D eigenvalue weighted by atomic mass is 32.1. The summed E-state index contributed by atoms with van der Waals surface area (Å²) in [5.41, 5.74) is 6.97. The van der Waals surface area contributed by atoms with Crippen LogP contribution in [0.3, 0.4) is 0 Å². The van der Waals surface area contributed by atoms with Crippen LogP contribution < -0.4 is 5.73 Å². The van der Waals surface area contributed by atoms with Gasteiger partial charge in [0.05, 0.1) is 10.7 Å². The fourth-order valence-corrected chi connectivity index (χ4v) is 2.11. The van der Waals surface area contributed by atoms with Gasteiger partial charge in [0.2, 0.25) is 0 Å². The molecule has 0 aromatic carbocycles. The van der Waals surface area contributed by atoms with E-state index in [-0.39, 0.29) is 5.69 Å². The van der Waals surface area contributed by atoms with Gasteiger partial charge in [-0.15, -0.1) is 11.3 Å². The third kappa shape index (κ3) is 2.22. The summed E-state index contributed by atoms with van der Waals surface area (Å²) < 4.78 is 0. The molecule has 82 valence electrons. The molecule has 2 N–H and O–H groups in total. The smallest absolute Gasteiger partial charge is 0.269 e. The van der Waals surface area contributed by atoms with Crippen LogP contribution in [0, 0.1) is 6.92 Å². The van der Waals surface area contributed by atoms with Crippen molar-refractivity contribution in [3.05, 3.63) is 39.9 Å². The lowest BCUT2D eigenvalue weighted by molar-refractivity contribution is 0.0994. The molecular weight excluding hydrogens is 224 g/mol. The monoisotopic (exact) mass is 234 g/mol. The largest absolute Gasteiger partial charge is 0.364 e. The van der Waals surface area contributed by atoms with Gasteiger partial charge < -0.3 is 5.73 Å². The van der Waals surface area contributed by atoms with Crippen molar-refractivity contribution in [2.45, 2.75) is 13.3 Å². The molecule has 2 aromatic heterocycles. The van der Waals surface area contributed by atoms with Crippen molar-refractivity contribution in [1.82, 2.24) is 15.0 Å². The molecule has 2 heterocycles. The lowest BCUT2D eigenvalue weighted by Crippen LogP contribution is -2.17. The molecule has 0 aliphatic heterocycles. The lowest BCUT2D eigenvalue weighted by Gasteiger charge is -2.01. The Morgan fingerprint density at radius 3 is 2.81 bits per heavy atom. The van der Waals surface area contributed by atoms with E-state index in [0.717, 1.165) is 10.7 Å². The van der Waals surface area contributed by atoms with E-state index in [1.807, 2.05) is 12.3 Å². The van der Waals surface area contributed by atoms with Crippen LogP contribution in [0.5, 0.6) is 0 Å². The molecule has 2 rings (SSSR count).